The number of aromatic nitrogens is 1. The van der Waals surface area contributed by atoms with E-state index in [0.717, 1.165) is 16.9 Å². The van der Waals surface area contributed by atoms with Crippen molar-refractivity contribution in [2.75, 3.05) is 0 Å². The van der Waals surface area contributed by atoms with Crippen molar-refractivity contribution in [2.24, 2.45) is 0 Å². The van der Waals surface area contributed by atoms with E-state index in [2.05, 4.69) is 0 Å². The fourth-order valence-electron chi connectivity index (χ4n) is 4.84. The lowest BCUT2D eigenvalue weighted by molar-refractivity contribution is -0.538. The van der Waals surface area contributed by atoms with Gasteiger partial charge in [-0.1, -0.05) is 50.5 Å². The van der Waals surface area contributed by atoms with Gasteiger partial charge in [-0.15, -0.1) is 10.7 Å². The van der Waals surface area contributed by atoms with Gasteiger partial charge in [-0.3, -0.25) is 11.5 Å². The Kier molecular flexibility index (Phi) is 9.85. The van der Waals surface area contributed by atoms with Gasteiger partial charge in [-0.2, -0.15) is 0 Å². The summed E-state index contributed by atoms with van der Waals surface area (Å²) in [6.45, 7) is 12.9. The first-order chi connectivity index (χ1) is 20.0. The molecule has 3 aromatic rings. The average molecular weight is 684 g/mol. The first-order valence-electron chi connectivity index (χ1n) is 13.3. The molecule has 0 aliphatic carbocycles. The van der Waals surface area contributed by atoms with Crippen LogP contribution in [-0.4, -0.2) is 21.8 Å². The highest BCUT2D eigenvalue weighted by atomic mass is 35.5. The van der Waals surface area contributed by atoms with Gasteiger partial charge < -0.3 is 4.48 Å². The number of allylic oxidation sites excluding steroid dienone is 4. The Morgan fingerprint density at radius 3 is 1.25 bits per heavy atom. The van der Waals surface area contributed by atoms with Crippen molar-refractivity contribution in [2.45, 2.75) is 53.1 Å². The maximum atomic E-state index is 15.8. The molecule has 1 aromatic heterocycles. The van der Waals surface area contributed by atoms with Gasteiger partial charge in [0.25, 0.3) is 0 Å². The van der Waals surface area contributed by atoms with Crippen molar-refractivity contribution in [1.82, 2.24) is 0 Å². The van der Waals surface area contributed by atoms with E-state index in [1.54, 1.807) is 39.3 Å². The molecule has 44 heavy (non-hydrogen) atoms. The van der Waals surface area contributed by atoms with Crippen LogP contribution in [0, 0.1) is 58.2 Å². The molecule has 0 aliphatic rings. The van der Waals surface area contributed by atoms with Gasteiger partial charge in [0.2, 0.25) is 5.82 Å². The fourth-order valence-corrected chi connectivity index (χ4v) is 7.68. The van der Waals surface area contributed by atoms with Crippen LogP contribution in [0.15, 0.2) is 46.5 Å². The molecule has 0 amide bonds. The number of pyridine rings is 1. The molecule has 0 unspecified atom stereocenters. The monoisotopic (exact) mass is 683 g/mol. The summed E-state index contributed by atoms with van der Waals surface area (Å²) >= 11 is 7.25. The summed E-state index contributed by atoms with van der Waals surface area (Å²) < 4.78 is 152. The van der Waals surface area contributed by atoms with Crippen molar-refractivity contribution in [1.29, 1.82) is 0 Å². The molecule has 15 heteroatoms. The fraction of sp³-hybridized carbons (Fsp3) is 0.276. The molecule has 238 valence electrons. The van der Waals surface area contributed by atoms with Crippen LogP contribution in [0.25, 0.3) is 5.57 Å². The largest absolute Gasteiger partial charge is 0.422 e. The van der Waals surface area contributed by atoms with Gasteiger partial charge in [0.1, 0.15) is 24.0 Å². The summed E-state index contributed by atoms with van der Waals surface area (Å²) in [5, 5.41) is 0.227. The SMILES string of the molecule is C/C(=C(/C(=C(\C)[Si](C)(C)C)[B@-](Cl)(c1c(F)c(F)c(F)c(F)c1F)[n+]1ccccc1)c1c(F)c(F)c(F)c(F)c1F)[Si](C)(C)C. The lowest BCUT2D eigenvalue weighted by Gasteiger charge is -2.40. The summed E-state index contributed by atoms with van der Waals surface area (Å²) in [7, 11) is -5.75. The molecule has 3 rings (SSSR count). The van der Waals surface area contributed by atoms with Crippen LogP contribution < -0.4 is 9.94 Å². The Bertz CT molecular complexity index is 1660. The molecule has 1 nitrogen and oxygen atoms in total. The van der Waals surface area contributed by atoms with E-state index >= 15 is 17.6 Å². The average Bonchev–Trinajstić information content (AvgIpc) is 2.95. The predicted molar refractivity (Wildman–Crippen MR) is 158 cm³/mol. The molecule has 1 heterocycles. The van der Waals surface area contributed by atoms with Gasteiger partial charge in [-0.25, -0.2) is 43.9 Å². The van der Waals surface area contributed by atoms with E-state index < -0.39 is 102 Å². The third-order valence-electron chi connectivity index (χ3n) is 7.92. The summed E-state index contributed by atoms with van der Waals surface area (Å²) in [6.07, 6.45) is 2.28. The minimum atomic E-state index is -4.03. The third-order valence-corrected chi connectivity index (χ3v) is 13.6. The number of nitrogens with zero attached hydrogens (tertiary/aromatic N) is 1. The zero-order valence-corrected chi connectivity index (χ0v) is 27.8. The smallest absolute Gasteiger partial charge is 0.405 e. The topological polar surface area (TPSA) is 3.88 Å². The van der Waals surface area contributed by atoms with E-state index in [4.69, 9.17) is 11.5 Å². The minimum Gasteiger partial charge on any atom is -0.405 e. The highest BCUT2D eigenvalue weighted by Gasteiger charge is 2.51. The second-order valence-electron chi connectivity index (χ2n) is 12.5. The van der Waals surface area contributed by atoms with Crippen LogP contribution in [0.2, 0.25) is 39.3 Å². The van der Waals surface area contributed by atoms with Gasteiger partial charge in [0, 0.05) is 0 Å². The molecule has 1 atom stereocenters. The number of benzene rings is 2. The highest BCUT2D eigenvalue weighted by molar-refractivity contribution is 7.27. The second kappa shape index (κ2) is 12.2. The number of halogens is 11. The van der Waals surface area contributed by atoms with Crippen LogP contribution >= 0.6 is 11.5 Å². The maximum absolute atomic E-state index is 15.8. The molecule has 0 saturated carbocycles. The van der Waals surface area contributed by atoms with Crippen molar-refractivity contribution in [3.8, 4) is 0 Å². The van der Waals surface area contributed by atoms with Gasteiger partial charge in [0.05, 0.1) is 21.7 Å². The van der Waals surface area contributed by atoms with Crippen LogP contribution in [0.1, 0.15) is 19.4 Å². The molecule has 0 fully saturated rings. The molecule has 0 aliphatic heterocycles. The van der Waals surface area contributed by atoms with E-state index in [9.17, 15) is 26.3 Å². The van der Waals surface area contributed by atoms with Crippen molar-refractivity contribution in [3.05, 3.63) is 110 Å². The van der Waals surface area contributed by atoms with Crippen molar-refractivity contribution < 1.29 is 48.4 Å². The second-order valence-corrected chi connectivity index (χ2v) is 23.6. The Hall–Kier alpha value is -2.84. The van der Waals surface area contributed by atoms with Crippen molar-refractivity contribution in [3.63, 3.8) is 0 Å². The van der Waals surface area contributed by atoms with Crippen LogP contribution in [-0.2, 0) is 0 Å². The third kappa shape index (κ3) is 5.80. The molecule has 0 spiro atoms. The zero-order chi connectivity index (χ0) is 33.9. The standard InChI is InChI=1S/C29H29BClF10NSi2/c1-14(43(3,4)5)16(17-20(32)24(36)28(40)25(37)21(17)33)18(15(2)44(6,7)8)30(31,42-12-10-9-11-13-42)19-22(34)26(38)29(41)27(39)23(19)35/h9-13H,1-8H3/b16-14-,18-15-/t30-/m1/s1. The summed E-state index contributed by atoms with van der Waals surface area (Å²) in [4.78, 5) is 0. The molecule has 0 bridgehead atoms. The van der Waals surface area contributed by atoms with E-state index in [1.165, 1.54) is 32.0 Å². The highest BCUT2D eigenvalue weighted by Crippen LogP contribution is 2.44. The zero-order valence-electron chi connectivity index (χ0n) is 25.1. The van der Waals surface area contributed by atoms with Gasteiger partial charge in [-0.05, 0) is 37.0 Å². The van der Waals surface area contributed by atoms with Crippen LogP contribution in [0.4, 0.5) is 43.9 Å². The molecule has 2 aromatic carbocycles. The summed E-state index contributed by atoms with van der Waals surface area (Å²) in [5.41, 5.74) is -8.18. The van der Waals surface area contributed by atoms with Crippen molar-refractivity contribution >= 4 is 44.3 Å². The molecular weight excluding hydrogens is 655 g/mol. The Balaban J connectivity index is 2.88. The molecule has 0 saturated heterocycles. The molecule has 0 radical (unpaired) electrons. The van der Waals surface area contributed by atoms with E-state index in [0.29, 0.717) is 0 Å². The predicted octanol–water partition coefficient (Wildman–Crippen LogP) is 8.89. The summed E-state index contributed by atoms with van der Waals surface area (Å²) in [5.74, 6) is -23.3. The lowest BCUT2D eigenvalue weighted by Crippen LogP contribution is -2.72. The van der Waals surface area contributed by atoms with Gasteiger partial charge in [0.15, 0.2) is 40.7 Å². The van der Waals surface area contributed by atoms with Crippen LogP contribution in [0.5, 0.6) is 0 Å². The van der Waals surface area contributed by atoms with E-state index in [-0.39, 0.29) is 10.4 Å². The number of hydrogen-bond acceptors (Lipinski definition) is 0. The minimum absolute atomic E-state index is 0.0839. The first kappa shape index (κ1) is 35.6. The normalized spacial score (nSPS) is 15.2. The molecule has 0 N–H and O–H groups in total. The summed E-state index contributed by atoms with van der Waals surface area (Å²) in [6, 6.07) is 4.09. The van der Waals surface area contributed by atoms with Gasteiger partial charge >= 0.3 is 5.70 Å². The Labute approximate surface area is 255 Å². The lowest BCUT2D eigenvalue weighted by atomic mass is 9.44. The van der Waals surface area contributed by atoms with Crippen LogP contribution in [0.3, 0.4) is 0 Å². The quantitative estimate of drug-likeness (QED) is 0.0771. The maximum Gasteiger partial charge on any atom is 0.422 e. The Morgan fingerprint density at radius 1 is 0.545 bits per heavy atom. The number of hydrogen-bond donors (Lipinski definition) is 0. The number of rotatable bonds is 7. The van der Waals surface area contributed by atoms with E-state index in [1.807, 2.05) is 0 Å². The molecular formula is C29H29BClF10NSi2. The Morgan fingerprint density at radius 2 is 0.886 bits per heavy atom. The first-order valence-corrected chi connectivity index (χ1v) is 20.7.